The first kappa shape index (κ1) is 12.4. The maximum absolute atomic E-state index is 6.90. The van der Waals surface area contributed by atoms with Gasteiger partial charge in [-0.3, -0.25) is 0 Å². The van der Waals surface area contributed by atoms with Gasteiger partial charge in [0.25, 0.3) is 0 Å². The Morgan fingerprint density at radius 2 is 1.53 bits per heavy atom. The van der Waals surface area contributed by atoms with Crippen LogP contribution in [-0.2, 0) is 0 Å². The van der Waals surface area contributed by atoms with Crippen molar-refractivity contribution in [2.75, 3.05) is 0 Å². The zero-order valence-electron chi connectivity index (χ0n) is 10.5. The lowest BCUT2D eigenvalue weighted by molar-refractivity contribution is 1.36. The summed E-state index contributed by atoms with van der Waals surface area (Å²) in [5.74, 6) is 0. The Morgan fingerprint density at radius 1 is 0.882 bits per heavy atom. The smallest absolute Gasteiger partial charge is 0.155 e. The molecule has 17 heavy (non-hydrogen) atoms. The minimum Gasteiger partial charge on any atom is -0.155 e. The second-order valence-electron chi connectivity index (χ2n) is 4.62. The average molecular weight is 261 g/mol. The Hall–Kier alpha value is -1.05. The molecular weight excluding hydrogens is 244 g/mol. The van der Waals surface area contributed by atoms with E-state index in [-0.39, 0.29) is 0 Å². The van der Waals surface area contributed by atoms with Gasteiger partial charge in [0.05, 0.1) is 0 Å². The molecule has 0 saturated carbocycles. The van der Waals surface area contributed by atoms with Gasteiger partial charge in [-0.05, 0) is 41.9 Å². The van der Waals surface area contributed by atoms with Crippen LogP contribution in [0.1, 0.15) is 11.1 Å². The lowest BCUT2D eigenvalue weighted by atomic mass is 10.1. The van der Waals surface area contributed by atoms with Crippen molar-refractivity contribution >= 4 is 28.8 Å². The van der Waals surface area contributed by atoms with Gasteiger partial charge in [-0.15, -0.1) is 0 Å². The molecule has 0 aromatic heterocycles. The first-order valence-electron chi connectivity index (χ1n) is 5.84. The Bertz CT molecular complexity index is 518. The highest BCUT2D eigenvalue weighted by molar-refractivity contribution is 7.33. The lowest BCUT2D eigenvalue weighted by Crippen LogP contribution is -2.51. The summed E-state index contributed by atoms with van der Waals surface area (Å²) in [5, 5.41) is 2.60. The lowest BCUT2D eigenvalue weighted by Gasteiger charge is -2.23. The molecule has 1 unspecified atom stereocenters. The first-order chi connectivity index (χ1) is 8.03. The van der Waals surface area contributed by atoms with Crippen molar-refractivity contribution in [3.05, 3.63) is 59.7 Å². The molecule has 0 heterocycles. The van der Waals surface area contributed by atoms with Crippen molar-refractivity contribution in [2.45, 2.75) is 20.4 Å². The van der Waals surface area contributed by atoms with E-state index < -0.39 is 7.38 Å². The summed E-state index contributed by atoms with van der Waals surface area (Å²) >= 11 is 6.90. The van der Waals surface area contributed by atoms with Crippen molar-refractivity contribution in [3.63, 3.8) is 0 Å². The van der Waals surface area contributed by atoms with Gasteiger partial charge >= 0.3 is 0 Å². The molecule has 88 valence electrons. The molecule has 2 rings (SSSR count). The van der Waals surface area contributed by atoms with Crippen LogP contribution in [0.15, 0.2) is 48.5 Å². The second kappa shape index (κ2) is 4.67. The normalized spacial score (nSPS) is 14.4. The molecule has 0 amide bonds. The molecule has 2 aromatic carbocycles. The number of benzene rings is 2. The summed E-state index contributed by atoms with van der Waals surface area (Å²) in [6.07, 6.45) is 0. The second-order valence-corrected chi connectivity index (χ2v) is 10.0. The van der Waals surface area contributed by atoms with Gasteiger partial charge < -0.3 is 0 Å². The maximum atomic E-state index is 6.90. The van der Waals surface area contributed by atoms with Crippen LogP contribution < -0.4 is 10.4 Å². The predicted octanol–water partition coefficient (Wildman–Crippen LogP) is 3.23. The molecule has 2 aromatic rings. The van der Waals surface area contributed by atoms with Gasteiger partial charge in [0.2, 0.25) is 7.38 Å². The van der Waals surface area contributed by atoms with E-state index in [4.69, 9.17) is 11.1 Å². The van der Waals surface area contributed by atoms with Crippen molar-refractivity contribution in [3.8, 4) is 0 Å². The Kier molecular flexibility index (Phi) is 3.41. The first-order valence-corrected chi connectivity index (χ1v) is 9.36. The standard InChI is InChI=1S/C15H17ClSi/c1-12-8-7-11-15(13(12)2)17(3,16)14-9-5-4-6-10-14/h4-11H,1-3H3. The van der Waals surface area contributed by atoms with E-state index in [2.05, 4.69) is 62.9 Å². The summed E-state index contributed by atoms with van der Waals surface area (Å²) in [4.78, 5) is 0. The van der Waals surface area contributed by atoms with E-state index >= 15 is 0 Å². The van der Waals surface area contributed by atoms with Crippen LogP contribution >= 0.6 is 11.1 Å². The van der Waals surface area contributed by atoms with Crippen LogP contribution in [-0.4, -0.2) is 7.38 Å². The van der Waals surface area contributed by atoms with E-state index in [9.17, 15) is 0 Å². The zero-order valence-corrected chi connectivity index (χ0v) is 12.3. The quantitative estimate of drug-likeness (QED) is 0.575. The Balaban J connectivity index is 2.56. The van der Waals surface area contributed by atoms with Crippen molar-refractivity contribution in [1.29, 1.82) is 0 Å². The average Bonchev–Trinajstić information content (AvgIpc) is 2.33. The number of halogens is 1. The summed E-state index contributed by atoms with van der Waals surface area (Å²) in [6, 6.07) is 16.9. The summed E-state index contributed by atoms with van der Waals surface area (Å²) in [6.45, 7) is 6.51. The van der Waals surface area contributed by atoms with Crippen LogP contribution in [0.25, 0.3) is 0 Å². The van der Waals surface area contributed by atoms with Crippen molar-refractivity contribution in [2.24, 2.45) is 0 Å². The Labute approximate surface area is 109 Å². The predicted molar refractivity (Wildman–Crippen MR) is 79.1 cm³/mol. The maximum Gasteiger partial charge on any atom is 0.214 e. The van der Waals surface area contributed by atoms with Gasteiger partial charge in [-0.2, -0.15) is 11.1 Å². The SMILES string of the molecule is Cc1cccc([Si](C)(Cl)c2ccccc2)c1C. The fourth-order valence-corrected chi connectivity index (χ4v) is 5.60. The van der Waals surface area contributed by atoms with Gasteiger partial charge in [-0.25, -0.2) is 0 Å². The largest absolute Gasteiger partial charge is 0.214 e. The summed E-state index contributed by atoms with van der Waals surface area (Å²) < 4.78 is 0. The molecule has 0 nitrogen and oxygen atoms in total. The molecule has 0 N–H and O–H groups in total. The highest BCUT2D eigenvalue weighted by Crippen LogP contribution is 2.14. The van der Waals surface area contributed by atoms with Crippen molar-refractivity contribution in [1.82, 2.24) is 0 Å². The third-order valence-electron chi connectivity index (χ3n) is 3.43. The zero-order chi connectivity index (χ0) is 12.5. The molecular formula is C15H17ClSi. The van der Waals surface area contributed by atoms with Crippen molar-refractivity contribution < 1.29 is 0 Å². The number of hydrogen-bond acceptors (Lipinski definition) is 0. The highest BCUT2D eigenvalue weighted by Gasteiger charge is 2.31. The van der Waals surface area contributed by atoms with Crippen LogP contribution in [0.5, 0.6) is 0 Å². The van der Waals surface area contributed by atoms with E-state index in [0.717, 1.165) is 0 Å². The number of hydrogen-bond donors (Lipinski definition) is 0. The van der Waals surface area contributed by atoms with E-state index in [1.807, 2.05) is 6.07 Å². The number of aryl methyl sites for hydroxylation is 1. The van der Waals surface area contributed by atoms with Crippen LogP contribution in [0.3, 0.4) is 0 Å². The number of rotatable bonds is 2. The summed E-state index contributed by atoms with van der Waals surface area (Å²) in [7, 11) is -2.06. The minimum atomic E-state index is -2.06. The molecule has 2 heteroatoms. The van der Waals surface area contributed by atoms with E-state index in [1.54, 1.807) is 0 Å². The Morgan fingerprint density at radius 3 is 2.18 bits per heavy atom. The molecule has 0 spiro atoms. The highest BCUT2D eigenvalue weighted by atomic mass is 35.6. The topological polar surface area (TPSA) is 0 Å². The van der Waals surface area contributed by atoms with Gasteiger partial charge in [0.15, 0.2) is 0 Å². The molecule has 0 aliphatic rings. The molecule has 0 saturated heterocycles. The third-order valence-corrected chi connectivity index (χ3v) is 7.66. The molecule has 0 aliphatic heterocycles. The molecule has 1 atom stereocenters. The third kappa shape index (κ3) is 2.31. The van der Waals surface area contributed by atoms with Gasteiger partial charge in [0.1, 0.15) is 0 Å². The minimum absolute atomic E-state index is 1.27. The van der Waals surface area contributed by atoms with Gasteiger partial charge in [-0.1, -0.05) is 48.5 Å². The fourth-order valence-electron chi connectivity index (χ4n) is 2.17. The molecule has 0 aliphatic carbocycles. The van der Waals surface area contributed by atoms with E-state index in [1.165, 1.54) is 21.5 Å². The summed E-state index contributed by atoms with van der Waals surface area (Å²) in [5.41, 5.74) is 2.65. The van der Waals surface area contributed by atoms with Crippen LogP contribution in [0, 0.1) is 13.8 Å². The van der Waals surface area contributed by atoms with Crippen LogP contribution in [0.4, 0.5) is 0 Å². The molecule has 0 fully saturated rings. The molecule has 0 radical (unpaired) electrons. The van der Waals surface area contributed by atoms with Crippen LogP contribution in [0.2, 0.25) is 6.55 Å². The monoisotopic (exact) mass is 260 g/mol. The van der Waals surface area contributed by atoms with E-state index in [0.29, 0.717) is 0 Å². The molecule has 0 bridgehead atoms. The van der Waals surface area contributed by atoms with Gasteiger partial charge in [0, 0.05) is 0 Å². The fraction of sp³-hybridized carbons (Fsp3) is 0.200.